The van der Waals surface area contributed by atoms with Gasteiger partial charge in [0.25, 0.3) is 0 Å². The number of aromatic hydroxyl groups is 1. The number of rotatable bonds is 15. The van der Waals surface area contributed by atoms with Crippen molar-refractivity contribution in [3.05, 3.63) is 29.8 Å². The van der Waals surface area contributed by atoms with E-state index < -0.39 is 60.8 Å². The molecule has 0 bridgehead atoms. The van der Waals surface area contributed by atoms with Crippen LogP contribution in [0.1, 0.15) is 31.2 Å². The Hall–Kier alpha value is -3.71. The van der Waals surface area contributed by atoms with Gasteiger partial charge in [0.15, 0.2) is 0 Å². The smallest absolute Gasteiger partial charge is 0.326 e. The van der Waals surface area contributed by atoms with Crippen LogP contribution in [0.15, 0.2) is 24.3 Å². The van der Waals surface area contributed by atoms with Gasteiger partial charge in [-0.05, 0) is 37.1 Å². The number of nitrogens with one attached hydrogen (secondary N) is 3. The number of carbonyl (C=O) groups excluding carboxylic acids is 3. The second kappa shape index (κ2) is 14.4. The molecule has 1 rings (SSSR count). The van der Waals surface area contributed by atoms with Crippen molar-refractivity contribution in [1.82, 2.24) is 16.0 Å². The van der Waals surface area contributed by atoms with Gasteiger partial charge < -0.3 is 42.7 Å². The summed E-state index contributed by atoms with van der Waals surface area (Å²) in [5, 5.41) is 34.5. The molecule has 1 aromatic rings. The van der Waals surface area contributed by atoms with E-state index in [0.29, 0.717) is 31.4 Å². The zero-order chi connectivity index (χ0) is 25.7. The third kappa shape index (κ3) is 10.7. The van der Waals surface area contributed by atoms with Gasteiger partial charge in [-0.15, -0.1) is 0 Å². The molecule has 13 heteroatoms. The Kier molecular flexibility index (Phi) is 12.0. The molecule has 0 saturated heterocycles. The summed E-state index contributed by atoms with van der Waals surface area (Å²) in [6.07, 6.45) is 0.736. The van der Waals surface area contributed by atoms with Gasteiger partial charge in [-0.2, -0.15) is 0 Å². The van der Waals surface area contributed by atoms with E-state index in [2.05, 4.69) is 16.0 Å². The Morgan fingerprint density at radius 1 is 0.912 bits per heavy atom. The number of phenols is 1. The fourth-order valence-electron chi connectivity index (χ4n) is 2.91. The zero-order valence-corrected chi connectivity index (χ0v) is 18.5. The quantitative estimate of drug-likeness (QED) is 0.129. The Morgan fingerprint density at radius 3 is 2.12 bits per heavy atom. The molecule has 0 aliphatic carbocycles. The Morgan fingerprint density at radius 2 is 1.56 bits per heavy atom. The maximum absolute atomic E-state index is 12.6. The molecule has 3 atom stereocenters. The summed E-state index contributed by atoms with van der Waals surface area (Å²) < 4.78 is 0. The van der Waals surface area contributed by atoms with Crippen LogP contribution in [0.2, 0.25) is 0 Å². The first kappa shape index (κ1) is 28.3. The third-order valence-electron chi connectivity index (χ3n) is 4.75. The normalized spacial score (nSPS) is 13.2. The number of nitrogens with two attached hydrogens (primary N) is 2. The highest BCUT2D eigenvalue weighted by Crippen LogP contribution is 2.11. The molecule has 0 aromatic heterocycles. The number of carboxylic acids is 2. The number of hydrogen-bond donors (Lipinski definition) is 8. The van der Waals surface area contributed by atoms with E-state index in [-0.39, 0.29) is 12.2 Å². The lowest BCUT2D eigenvalue weighted by Crippen LogP contribution is -2.54. The van der Waals surface area contributed by atoms with Crippen molar-refractivity contribution in [3.8, 4) is 5.75 Å². The summed E-state index contributed by atoms with van der Waals surface area (Å²) >= 11 is 0. The molecule has 10 N–H and O–H groups in total. The van der Waals surface area contributed by atoms with E-state index in [1.807, 2.05) is 0 Å². The minimum Gasteiger partial charge on any atom is -0.508 e. The molecule has 1 aromatic carbocycles. The number of carboxylic acid groups (broad SMARTS) is 2. The molecule has 0 fully saturated rings. The number of hydrogen-bond acceptors (Lipinski definition) is 8. The summed E-state index contributed by atoms with van der Waals surface area (Å²) in [7, 11) is 0. The van der Waals surface area contributed by atoms with Crippen LogP contribution in [0.5, 0.6) is 5.75 Å². The van der Waals surface area contributed by atoms with Gasteiger partial charge in [0, 0.05) is 6.42 Å². The topological polar surface area (TPSA) is 234 Å². The van der Waals surface area contributed by atoms with Gasteiger partial charge in [-0.25, -0.2) is 4.79 Å². The van der Waals surface area contributed by atoms with E-state index in [1.54, 1.807) is 0 Å². The van der Waals surface area contributed by atoms with Crippen LogP contribution < -0.4 is 27.4 Å². The van der Waals surface area contributed by atoms with Gasteiger partial charge in [0.2, 0.25) is 17.7 Å². The van der Waals surface area contributed by atoms with Crippen LogP contribution in [-0.4, -0.2) is 76.2 Å². The second-order valence-electron chi connectivity index (χ2n) is 7.60. The summed E-state index contributed by atoms with van der Waals surface area (Å²) in [5.74, 6) is -5.27. The SMILES string of the molecule is NCCCCC(N)C(=O)NCC(=O)NC(CC(=O)O)C(=O)NC(Cc1ccc(O)cc1)C(=O)O. The summed E-state index contributed by atoms with van der Waals surface area (Å²) in [6, 6.07) is 1.78. The zero-order valence-electron chi connectivity index (χ0n) is 18.5. The largest absolute Gasteiger partial charge is 0.508 e. The van der Waals surface area contributed by atoms with Gasteiger partial charge in [0.1, 0.15) is 17.8 Å². The van der Waals surface area contributed by atoms with Gasteiger partial charge in [-0.1, -0.05) is 18.6 Å². The predicted molar refractivity (Wildman–Crippen MR) is 119 cm³/mol. The van der Waals surface area contributed by atoms with Crippen molar-refractivity contribution < 1.29 is 39.3 Å². The minimum atomic E-state index is -1.58. The molecule has 34 heavy (non-hydrogen) atoms. The van der Waals surface area contributed by atoms with Crippen molar-refractivity contribution in [3.63, 3.8) is 0 Å². The van der Waals surface area contributed by atoms with Crippen molar-refractivity contribution in [1.29, 1.82) is 0 Å². The lowest BCUT2D eigenvalue weighted by molar-refractivity contribution is -0.143. The van der Waals surface area contributed by atoms with Crippen molar-refractivity contribution in [2.24, 2.45) is 11.5 Å². The summed E-state index contributed by atoms with van der Waals surface area (Å²) in [5.41, 5.74) is 11.6. The molecule has 0 aliphatic heterocycles. The van der Waals surface area contributed by atoms with Crippen LogP contribution in [0.3, 0.4) is 0 Å². The van der Waals surface area contributed by atoms with Gasteiger partial charge in [-0.3, -0.25) is 19.2 Å². The van der Waals surface area contributed by atoms with Gasteiger partial charge >= 0.3 is 11.9 Å². The average Bonchev–Trinajstić information content (AvgIpc) is 2.77. The van der Waals surface area contributed by atoms with Crippen LogP contribution in [-0.2, 0) is 30.4 Å². The maximum Gasteiger partial charge on any atom is 0.326 e. The maximum atomic E-state index is 12.6. The molecule has 0 saturated carbocycles. The minimum absolute atomic E-state index is 0.0208. The Bertz CT molecular complexity index is 861. The fourth-order valence-corrected chi connectivity index (χ4v) is 2.91. The predicted octanol–water partition coefficient (Wildman–Crippen LogP) is -1.96. The molecule has 0 radical (unpaired) electrons. The number of unbranched alkanes of at least 4 members (excludes halogenated alkanes) is 1. The van der Waals surface area contributed by atoms with E-state index in [1.165, 1.54) is 24.3 Å². The molecule has 0 heterocycles. The number of aliphatic carboxylic acids is 2. The highest BCUT2D eigenvalue weighted by Gasteiger charge is 2.28. The van der Waals surface area contributed by atoms with E-state index in [9.17, 15) is 34.2 Å². The summed E-state index contributed by atoms with van der Waals surface area (Å²) in [6.45, 7) is -0.0931. The Balaban J connectivity index is 2.71. The molecule has 188 valence electrons. The molecule has 13 nitrogen and oxygen atoms in total. The number of phenolic OH excluding ortho intramolecular Hbond substituents is 1. The highest BCUT2D eigenvalue weighted by molar-refractivity contribution is 5.94. The molecule has 3 unspecified atom stereocenters. The molecule has 3 amide bonds. The second-order valence-corrected chi connectivity index (χ2v) is 7.60. The fraction of sp³-hybridized carbons (Fsp3) is 0.476. The monoisotopic (exact) mass is 481 g/mol. The highest BCUT2D eigenvalue weighted by atomic mass is 16.4. The number of amides is 3. The van der Waals surface area contributed by atoms with Crippen molar-refractivity contribution >= 4 is 29.7 Å². The van der Waals surface area contributed by atoms with E-state index in [0.717, 1.165) is 0 Å². The van der Waals surface area contributed by atoms with Crippen LogP contribution in [0.4, 0.5) is 0 Å². The van der Waals surface area contributed by atoms with E-state index in [4.69, 9.17) is 16.6 Å². The number of carbonyl (C=O) groups is 5. The standard InChI is InChI=1S/C21H31N5O8/c22-8-2-1-3-14(23)19(31)24-11-17(28)25-15(10-18(29)30)20(32)26-16(21(33)34)9-12-4-6-13(27)7-5-12/h4-7,14-16,27H,1-3,8-11,22-23H2,(H,24,31)(H,25,28)(H,26,32)(H,29,30)(H,33,34). The Labute approximate surface area is 195 Å². The van der Waals surface area contributed by atoms with Crippen LogP contribution in [0, 0.1) is 0 Å². The van der Waals surface area contributed by atoms with Crippen molar-refractivity contribution in [2.75, 3.05) is 13.1 Å². The molecule has 0 spiro atoms. The molecular formula is C21H31N5O8. The lowest BCUT2D eigenvalue weighted by atomic mass is 10.0. The first-order valence-corrected chi connectivity index (χ1v) is 10.6. The lowest BCUT2D eigenvalue weighted by Gasteiger charge is -2.21. The first-order chi connectivity index (χ1) is 16.0. The molecular weight excluding hydrogens is 450 g/mol. The third-order valence-corrected chi connectivity index (χ3v) is 4.75. The molecule has 0 aliphatic rings. The van der Waals surface area contributed by atoms with Gasteiger partial charge in [0.05, 0.1) is 19.0 Å². The first-order valence-electron chi connectivity index (χ1n) is 10.6. The van der Waals surface area contributed by atoms with Crippen molar-refractivity contribution in [2.45, 2.75) is 50.2 Å². The van der Waals surface area contributed by atoms with E-state index >= 15 is 0 Å². The summed E-state index contributed by atoms with van der Waals surface area (Å²) in [4.78, 5) is 59.4. The average molecular weight is 482 g/mol. The number of benzene rings is 1. The van der Waals surface area contributed by atoms with Crippen LogP contribution in [0.25, 0.3) is 0 Å². The van der Waals surface area contributed by atoms with Crippen LogP contribution >= 0.6 is 0 Å².